The lowest BCUT2D eigenvalue weighted by Gasteiger charge is -2.08. The predicted molar refractivity (Wildman–Crippen MR) is 59.1 cm³/mol. The van der Waals surface area contributed by atoms with Crippen molar-refractivity contribution in [1.29, 1.82) is 0 Å². The van der Waals surface area contributed by atoms with Gasteiger partial charge in [-0.05, 0) is 25.0 Å². The highest BCUT2D eigenvalue weighted by molar-refractivity contribution is 5.89. The largest absolute Gasteiger partial charge is 0.461 e. The molecular formula is C13H14O3. The fraction of sp³-hybridized carbons (Fsp3) is 0.385. The molecule has 2 rings (SSSR count). The number of carbonyl (C=O) groups is 2. The third kappa shape index (κ3) is 2.48. The molecule has 0 saturated heterocycles. The van der Waals surface area contributed by atoms with Crippen LogP contribution in [0, 0.1) is 5.92 Å². The minimum atomic E-state index is -0.347. The van der Waals surface area contributed by atoms with E-state index in [1.807, 2.05) is 6.07 Å². The van der Waals surface area contributed by atoms with Gasteiger partial charge in [-0.2, -0.15) is 0 Å². The molecule has 0 spiro atoms. The smallest absolute Gasteiger partial charge is 0.338 e. The van der Waals surface area contributed by atoms with Crippen LogP contribution in [0.25, 0.3) is 0 Å². The number of ketones is 1. The molecule has 1 aliphatic rings. The Morgan fingerprint density at radius 2 is 2.06 bits per heavy atom. The second-order valence-electron chi connectivity index (χ2n) is 4.02. The molecule has 0 aromatic heterocycles. The van der Waals surface area contributed by atoms with E-state index in [1.165, 1.54) is 0 Å². The fourth-order valence-corrected chi connectivity index (χ4v) is 1.90. The molecule has 1 saturated carbocycles. The summed E-state index contributed by atoms with van der Waals surface area (Å²) in [5, 5.41) is 0. The molecule has 0 N–H and O–H groups in total. The Balaban J connectivity index is 1.87. The van der Waals surface area contributed by atoms with Crippen LogP contribution in [0.5, 0.6) is 0 Å². The lowest BCUT2D eigenvalue weighted by Crippen LogP contribution is -2.17. The summed E-state index contributed by atoms with van der Waals surface area (Å²) >= 11 is 0. The minimum absolute atomic E-state index is 0.0762. The van der Waals surface area contributed by atoms with Crippen LogP contribution >= 0.6 is 0 Å². The molecular weight excluding hydrogens is 204 g/mol. The van der Waals surface area contributed by atoms with E-state index < -0.39 is 0 Å². The van der Waals surface area contributed by atoms with Gasteiger partial charge < -0.3 is 4.74 Å². The highest BCUT2D eigenvalue weighted by Crippen LogP contribution is 2.21. The Kier molecular flexibility index (Phi) is 3.34. The molecule has 16 heavy (non-hydrogen) atoms. The van der Waals surface area contributed by atoms with Crippen LogP contribution in [0.4, 0.5) is 0 Å². The van der Waals surface area contributed by atoms with Crippen molar-refractivity contribution in [2.45, 2.75) is 19.3 Å². The molecule has 0 heterocycles. The first kappa shape index (κ1) is 10.9. The van der Waals surface area contributed by atoms with Crippen molar-refractivity contribution in [2.24, 2.45) is 5.92 Å². The van der Waals surface area contributed by atoms with E-state index in [2.05, 4.69) is 0 Å². The van der Waals surface area contributed by atoms with Gasteiger partial charge in [-0.1, -0.05) is 18.2 Å². The topological polar surface area (TPSA) is 43.4 Å². The van der Waals surface area contributed by atoms with E-state index in [9.17, 15) is 9.59 Å². The molecule has 0 bridgehead atoms. The van der Waals surface area contributed by atoms with Gasteiger partial charge in [-0.15, -0.1) is 0 Å². The maximum Gasteiger partial charge on any atom is 0.338 e. The highest BCUT2D eigenvalue weighted by Gasteiger charge is 2.25. The van der Waals surface area contributed by atoms with Crippen molar-refractivity contribution < 1.29 is 14.3 Å². The van der Waals surface area contributed by atoms with Crippen LogP contribution in [-0.2, 0) is 9.53 Å². The van der Waals surface area contributed by atoms with Crippen molar-refractivity contribution >= 4 is 11.8 Å². The van der Waals surface area contributed by atoms with Crippen molar-refractivity contribution in [1.82, 2.24) is 0 Å². The van der Waals surface area contributed by atoms with Gasteiger partial charge in [0.25, 0.3) is 0 Å². The summed E-state index contributed by atoms with van der Waals surface area (Å²) in [6, 6.07) is 8.84. The van der Waals surface area contributed by atoms with E-state index in [0.717, 1.165) is 12.8 Å². The summed E-state index contributed by atoms with van der Waals surface area (Å²) in [5.41, 5.74) is 0.535. The normalized spacial score (nSPS) is 19.8. The number of hydrogen-bond acceptors (Lipinski definition) is 3. The molecule has 1 fully saturated rings. The summed E-state index contributed by atoms with van der Waals surface area (Å²) < 4.78 is 5.12. The van der Waals surface area contributed by atoms with Crippen LogP contribution in [-0.4, -0.2) is 18.4 Å². The monoisotopic (exact) mass is 218 g/mol. The third-order valence-corrected chi connectivity index (χ3v) is 2.86. The summed E-state index contributed by atoms with van der Waals surface area (Å²) in [6.07, 6.45) is 2.40. The zero-order chi connectivity index (χ0) is 11.4. The molecule has 1 atom stereocenters. The lowest BCUT2D eigenvalue weighted by molar-refractivity contribution is -0.121. The second kappa shape index (κ2) is 4.92. The van der Waals surface area contributed by atoms with Gasteiger partial charge in [0.15, 0.2) is 0 Å². The van der Waals surface area contributed by atoms with Crippen LogP contribution in [0.1, 0.15) is 29.6 Å². The van der Waals surface area contributed by atoms with Crippen molar-refractivity contribution in [3.8, 4) is 0 Å². The maximum absolute atomic E-state index is 11.6. The number of esters is 1. The highest BCUT2D eigenvalue weighted by atomic mass is 16.5. The number of ether oxygens (including phenoxy) is 1. The predicted octanol–water partition coefficient (Wildman–Crippen LogP) is 2.21. The Bertz CT molecular complexity index is 383. The van der Waals surface area contributed by atoms with E-state index in [0.29, 0.717) is 12.0 Å². The molecule has 3 nitrogen and oxygen atoms in total. The molecule has 1 aromatic rings. The summed E-state index contributed by atoms with van der Waals surface area (Å²) in [7, 11) is 0. The first-order chi connectivity index (χ1) is 7.77. The van der Waals surface area contributed by atoms with Gasteiger partial charge in [0.2, 0.25) is 0 Å². The Morgan fingerprint density at radius 3 is 2.69 bits per heavy atom. The Hall–Kier alpha value is -1.64. The average Bonchev–Trinajstić information content (AvgIpc) is 2.73. The second-order valence-corrected chi connectivity index (χ2v) is 4.02. The van der Waals surface area contributed by atoms with Gasteiger partial charge in [-0.25, -0.2) is 4.79 Å². The van der Waals surface area contributed by atoms with E-state index >= 15 is 0 Å². The Morgan fingerprint density at radius 1 is 1.31 bits per heavy atom. The number of hydrogen-bond donors (Lipinski definition) is 0. The first-order valence-corrected chi connectivity index (χ1v) is 5.52. The van der Waals surface area contributed by atoms with Crippen molar-refractivity contribution in [3.63, 3.8) is 0 Å². The van der Waals surface area contributed by atoms with Gasteiger partial charge in [0.05, 0.1) is 11.5 Å². The zero-order valence-electron chi connectivity index (χ0n) is 9.02. The summed E-state index contributed by atoms with van der Waals surface area (Å²) in [4.78, 5) is 22.9. The van der Waals surface area contributed by atoms with Crippen molar-refractivity contribution in [2.75, 3.05) is 6.61 Å². The van der Waals surface area contributed by atoms with Crippen LogP contribution in [0.3, 0.4) is 0 Å². The summed E-state index contributed by atoms with van der Waals surface area (Å²) in [5.74, 6) is -0.200. The quantitative estimate of drug-likeness (QED) is 0.730. The third-order valence-electron chi connectivity index (χ3n) is 2.86. The minimum Gasteiger partial charge on any atom is -0.461 e. The molecule has 0 amide bonds. The fourth-order valence-electron chi connectivity index (χ4n) is 1.90. The maximum atomic E-state index is 11.6. The number of carbonyl (C=O) groups excluding carboxylic acids is 2. The van der Waals surface area contributed by atoms with Crippen LogP contribution < -0.4 is 0 Å². The van der Waals surface area contributed by atoms with Crippen LogP contribution in [0.2, 0.25) is 0 Å². The molecule has 1 aromatic carbocycles. The molecule has 1 unspecified atom stereocenters. The van der Waals surface area contributed by atoms with Gasteiger partial charge in [0, 0.05) is 6.42 Å². The SMILES string of the molecule is O=C(OCC1CCCC1=O)c1ccccc1. The van der Waals surface area contributed by atoms with Gasteiger partial charge in [-0.3, -0.25) is 4.79 Å². The molecule has 3 heteroatoms. The lowest BCUT2D eigenvalue weighted by atomic mass is 10.1. The first-order valence-electron chi connectivity index (χ1n) is 5.52. The van der Waals surface area contributed by atoms with Crippen LogP contribution in [0.15, 0.2) is 30.3 Å². The Labute approximate surface area is 94.4 Å². The van der Waals surface area contributed by atoms with Gasteiger partial charge >= 0.3 is 5.97 Å². The summed E-state index contributed by atoms with van der Waals surface area (Å²) in [6.45, 7) is 0.229. The number of Topliss-reactive ketones (excluding diaryl/α,β-unsaturated/α-hetero) is 1. The van der Waals surface area contributed by atoms with Crippen molar-refractivity contribution in [3.05, 3.63) is 35.9 Å². The molecule has 0 aliphatic heterocycles. The zero-order valence-corrected chi connectivity index (χ0v) is 9.02. The standard InChI is InChI=1S/C13H14O3/c14-12-8-4-7-11(12)9-16-13(15)10-5-2-1-3-6-10/h1-3,5-6,11H,4,7-9H2. The molecule has 1 aliphatic carbocycles. The number of rotatable bonds is 3. The van der Waals surface area contributed by atoms with E-state index in [-0.39, 0.29) is 24.3 Å². The van der Waals surface area contributed by atoms with E-state index in [4.69, 9.17) is 4.74 Å². The number of benzene rings is 1. The van der Waals surface area contributed by atoms with E-state index in [1.54, 1.807) is 24.3 Å². The molecule has 0 radical (unpaired) electrons. The van der Waals surface area contributed by atoms with Gasteiger partial charge in [0.1, 0.15) is 12.4 Å². The average molecular weight is 218 g/mol. The molecule has 84 valence electrons.